The normalized spacial score (nSPS) is 16.3. The van der Waals surface area contributed by atoms with E-state index < -0.39 is 20.1 Å². The minimum Gasteiger partial charge on any atom is -0.241 e. The van der Waals surface area contributed by atoms with Crippen molar-refractivity contribution in [3.63, 3.8) is 0 Å². The Labute approximate surface area is 83.7 Å². The Bertz CT molecular complexity index is 440. The minimum atomic E-state index is -5.07. The van der Waals surface area contributed by atoms with Gasteiger partial charge in [-0.1, -0.05) is 17.7 Å². The smallest absolute Gasteiger partial charge is 0.241 e. The topological polar surface area (TPSA) is 40.9 Å². The van der Waals surface area contributed by atoms with E-state index in [1.54, 1.807) is 0 Å². The van der Waals surface area contributed by atoms with Crippen molar-refractivity contribution in [3.05, 3.63) is 29.3 Å². The zero-order chi connectivity index (χ0) is 11.0. The Morgan fingerprint density at radius 3 is 2.36 bits per heavy atom. The molecule has 1 rings (SSSR count). The highest BCUT2D eigenvalue weighted by Crippen LogP contribution is 2.31. The molecule has 14 heavy (non-hydrogen) atoms. The van der Waals surface area contributed by atoms with Crippen LogP contribution in [0.2, 0.25) is 5.02 Å². The van der Waals surface area contributed by atoms with Crippen molar-refractivity contribution in [1.82, 2.24) is 0 Å². The summed E-state index contributed by atoms with van der Waals surface area (Å²) in [6.07, 6.45) is 0. The standard InChI is InChI=1S/C7H5ClF3NOS/c8-5-2-1-3-6(4-5)14(12,13)7(9,10)11/h1-4,12H. The molecule has 1 unspecified atom stereocenters. The van der Waals surface area contributed by atoms with Gasteiger partial charge < -0.3 is 0 Å². The Kier molecular flexibility index (Phi) is 2.78. The quantitative estimate of drug-likeness (QED) is 0.808. The van der Waals surface area contributed by atoms with Crippen molar-refractivity contribution in [3.8, 4) is 0 Å². The molecule has 78 valence electrons. The van der Waals surface area contributed by atoms with Crippen molar-refractivity contribution in [1.29, 1.82) is 4.78 Å². The maximum absolute atomic E-state index is 12.1. The summed E-state index contributed by atoms with van der Waals surface area (Å²) in [4.78, 5) is -0.627. The zero-order valence-electron chi connectivity index (χ0n) is 6.64. The third-order valence-corrected chi connectivity index (χ3v) is 3.26. The van der Waals surface area contributed by atoms with Gasteiger partial charge >= 0.3 is 5.51 Å². The van der Waals surface area contributed by atoms with Crippen LogP contribution in [0.3, 0.4) is 0 Å². The van der Waals surface area contributed by atoms with Crippen LogP contribution in [-0.2, 0) is 9.73 Å². The molecule has 1 N–H and O–H groups in total. The second-order valence-corrected chi connectivity index (χ2v) is 4.94. The van der Waals surface area contributed by atoms with Gasteiger partial charge in [0, 0.05) is 5.02 Å². The van der Waals surface area contributed by atoms with E-state index in [1.807, 2.05) is 0 Å². The molecule has 0 aliphatic heterocycles. The van der Waals surface area contributed by atoms with Crippen molar-refractivity contribution in [2.45, 2.75) is 10.4 Å². The Balaban J connectivity index is 3.32. The van der Waals surface area contributed by atoms with Crippen LogP contribution < -0.4 is 0 Å². The van der Waals surface area contributed by atoms with Crippen molar-refractivity contribution in [2.24, 2.45) is 0 Å². The maximum atomic E-state index is 12.1. The van der Waals surface area contributed by atoms with Gasteiger partial charge in [-0.05, 0) is 18.2 Å². The van der Waals surface area contributed by atoms with Crippen molar-refractivity contribution >= 4 is 21.3 Å². The zero-order valence-corrected chi connectivity index (χ0v) is 8.21. The number of hydrogen-bond acceptors (Lipinski definition) is 2. The van der Waals surface area contributed by atoms with Crippen LogP contribution in [0, 0.1) is 4.78 Å². The van der Waals surface area contributed by atoms with Gasteiger partial charge in [0.15, 0.2) is 9.73 Å². The summed E-state index contributed by atoms with van der Waals surface area (Å²) < 4.78 is 54.2. The summed E-state index contributed by atoms with van der Waals surface area (Å²) in [5.74, 6) is 0. The van der Waals surface area contributed by atoms with Gasteiger partial charge in [-0.3, -0.25) is 0 Å². The molecule has 2 nitrogen and oxygen atoms in total. The molecule has 0 radical (unpaired) electrons. The first-order valence-electron chi connectivity index (χ1n) is 3.36. The lowest BCUT2D eigenvalue weighted by Gasteiger charge is -2.10. The minimum absolute atomic E-state index is 0.0201. The number of nitrogens with one attached hydrogen (secondary N) is 1. The number of alkyl halides is 3. The van der Waals surface area contributed by atoms with E-state index in [2.05, 4.69) is 0 Å². The molecule has 0 saturated heterocycles. The average molecular weight is 244 g/mol. The van der Waals surface area contributed by atoms with Gasteiger partial charge in [0.05, 0.1) is 4.90 Å². The van der Waals surface area contributed by atoms with Crippen LogP contribution in [0.4, 0.5) is 13.2 Å². The predicted octanol–water partition coefficient (Wildman–Crippen LogP) is 3.27. The highest BCUT2D eigenvalue weighted by atomic mass is 35.5. The van der Waals surface area contributed by atoms with E-state index >= 15 is 0 Å². The molecule has 1 aromatic rings. The Morgan fingerprint density at radius 2 is 1.93 bits per heavy atom. The fourth-order valence-electron chi connectivity index (χ4n) is 0.779. The number of halogens is 4. The summed E-state index contributed by atoms with van der Waals surface area (Å²) in [6.45, 7) is 0. The van der Waals surface area contributed by atoms with E-state index in [1.165, 1.54) is 12.1 Å². The molecule has 1 aromatic carbocycles. The predicted molar refractivity (Wildman–Crippen MR) is 46.6 cm³/mol. The van der Waals surface area contributed by atoms with Gasteiger partial charge in [0.1, 0.15) is 0 Å². The van der Waals surface area contributed by atoms with Crippen molar-refractivity contribution in [2.75, 3.05) is 0 Å². The highest BCUT2D eigenvalue weighted by molar-refractivity contribution is 7.93. The highest BCUT2D eigenvalue weighted by Gasteiger charge is 2.43. The summed E-state index contributed by atoms with van der Waals surface area (Å²) in [5, 5.41) is 0.0201. The van der Waals surface area contributed by atoms with Crippen LogP contribution >= 0.6 is 11.6 Å². The number of benzene rings is 1. The molecular weight excluding hydrogens is 239 g/mol. The lowest BCUT2D eigenvalue weighted by molar-refractivity contribution is -0.0406. The van der Waals surface area contributed by atoms with Crippen LogP contribution in [0.15, 0.2) is 29.2 Å². The molecule has 0 spiro atoms. The average Bonchev–Trinajstić information content (AvgIpc) is 2.02. The third-order valence-electron chi connectivity index (χ3n) is 1.45. The number of rotatable bonds is 1. The van der Waals surface area contributed by atoms with E-state index in [4.69, 9.17) is 16.4 Å². The fourth-order valence-corrected chi connectivity index (χ4v) is 1.86. The second-order valence-electron chi connectivity index (χ2n) is 2.46. The molecule has 0 aliphatic rings. The molecule has 1 atom stereocenters. The van der Waals surface area contributed by atoms with Gasteiger partial charge in [-0.25, -0.2) is 8.99 Å². The Hall–Kier alpha value is -0.750. The van der Waals surface area contributed by atoms with E-state index in [0.29, 0.717) is 0 Å². The van der Waals surface area contributed by atoms with Crippen LogP contribution in [0.5, 0.6) is 0 Å². The summed E-state index contributed by atoms with van der Waals surface area (Å²) >= 11 is 5.42. The van der Waals surface area contributed by atoms with Crippen LogP contribution in [-0.4, -0.2) is 9.72 Å². The van der Waals surface area contributed by atoms with Gasteiger partial charge in [0.2, 0.25) is 0 Å². The monoisotopic (exact) mass is 243 g/mol. The Morgan fingerprint density at radius 1 is 1.36 bits per heavy atom. The fraction of sp³-hybridized carbons (Fsp3) is 0.143. The molecule has 0 fully saturated rings. The van der Waals surface area contributed by atoms with Gasteiger partial charge in [-0.15, -0.1) is 0 Å². The van der Waals surface area contributed by atoms with Crippen LogP contribution in [0.1, 0.15) is 0 Å². The molecule has 7 heteroatoms. The lowest BCUT2D eigenvalue weighted by Crippen LogP contribution is -2.21. The van der Waals surface area contributed by atoms with E-state index in [-0.39, 0.29) is 5.02 Å². The first kappa shape index (κ1) is 11.3. The van der Waals surface area contributed by atoms with Crippen LogP contribution in [0.25, 0.3) is 0 Å². The van der Waals surface area contributed by atoms with E-state index in [0.717, 1.165) is 12.1 Å². The molecule has 0 heterocycles. The van der Waals surface area contributed by atoms with E-state index in [9.17, 15) is 17.4 Å². The molecule has 0 aromatic heterocycles. The second kappa shape index (κ2) is 3.43. The molecule has 0 bridgehead atoms. The SMILES string of the molecule is N=S(=O)(c1cccc(Cl)c1)C(F)(F)F. The summed E-state index contributed by atoms with van der Waals surface area (Å²) in [5.41, 5.74) is -5.07. The molecule has 0 saturated carbocycles. The first-order chi connectivity index (χ1) is 6.25. The molecule has 0 amide bonds. The maximum Gasteiger partial charge on any atom is 0.483 e. The van der Waals surface area contributed by atoms with Gasteiger partial charge in [-0.2, -0.15) is 13.2 Å². The molecule has 0 aliphatic carbocycles. The van der Waals surface area contributed by atoms with Crippen molar-refractivity contribution < 1.29 is 17.4 Å². The molecular formula is C7H5ClF3NOS. The van der Waals surface area contributed by atoms with Gasteiger partial charge in [0.25, 0.3) is 0 Å². The summed E-state index contributed by atoms with van der Waals surface area (Å²) in [6, 6.07) is 4.41. The third kappa shape index (κ3) is 2.01. The first-order valence-corrected chi connectivity index (χ1v) is 5.29. The number of hydrogen-bond donors (Lipinski definition) is 1. The summed E-state index contributed by atoms with van der Waals surface area (Å²) in [7, 11) is -4.78. The largest absolute Gasteiger partial charge is 0.483 e. The lowest BCUT2D eigenvalue weighted by atomic mass is 10.4.